The van der Waals surface area contributed by atoms with E-state index in [9.17, 15) is 9.18 Å². The summed E-state index contributed by atoms with van der Waals surface area (Å²) in [6, 6.07) is 8.78. The summed E-state index contributed by atoms with van der Waals surface area (Å²) in [5, 5.41) is 13.8. The molecule has 0 atom stereocenters. The normalized spacial score (nSPS) is 10.4. The molecular formula is C16H15FN6O. The quantitative estimate of drug-likeness (QED) is 0.673. The van der Waals surface area contributed by atoms with Crippen LogP contribution in [0.5, 0.6) is 0 Å². The zero-order chi connectivity index (χ0) is 16.8. The Kier molecular flexibility index (Phi) is 4.76. The lowest BCUT2D eigenvalue weighted by Gasteiger charge is -2.08. The largest absolute Gasteiger partial charge is 0.367 e. The second-order valence-electron chi connectivity index (χ2n) is 4.91. The molecule has 3 rings (SSSR count). The second kappa shape index (κ2) is 7.32. The lowest BCUT2D eigenvalue weighted by molar-refractivity contribution is 0.0951. The lowest BCUT2D eigenvalue weighted by Crippen LogP contribution is -2.29. The smallest absolute Gasteiger partial charge is 0.254 e. The van der Waals surface area contributed by atoms with Gasteiger partial charge < -0.3 is 15.2 Å². The highest BCUT2D eigenvalue weighted by Crippen LogP contribution is 2.07. The van der Waals surface area contributed by atoms with Gasteiger partial charge in [0, 0.05) is 31.7 Å². The first-order chi connectivity index (χ1) is 11.7. The number of hydrogen-bond donors (Lipinski definition) is 2. The van der Waals surface area contributed by atoms with Gasteiger partial charge >= 0.3 is 0 Å². The van der Waals surface area contributed by atoms with Crippen LogP contribution in [-0.4, -0.2) is 38.7 Å². The summed E-state index contributed by atoms with van der Waals surface area (Å²) < 4.78 is 15.3. The topological polar surface area (TPSA) is 84.7 Å². The number of halogens is 1. The number of aromatic nitrogens is 4. The third kappa shape index (κ3) is 3.72. The first-order valence-electron chi connectivity index (χ1n) is 7.33. The highest BCUT2D eigenvalue weighted by atomic mass is 19.1. The fourth-order valence-electron chi connectivity index (χ4n) is 2.07. The number of amides is 1. The van der Waals surface area contributed by atoms with Crippen LogP contribution in [0.2, 0.25) is 0 Å². The fraction of sp³-hybridized carbons (Fsp3) is 0.125. The maximum Gasteiger partial charge on any atom is 0.254 e. The van der Waals surface area contributed by atoms with E-state index in [0.717, 1.165) is 6.20 Å². The molecule has 0 aliphatic heterocycles. The number of pyridine rings is 1. The summed E-state index contributed by atoms with van der Waals surface area (Å²) in [5.41, 5.74) is -0.0270. The lowest BCUT2D eigenvalue weighted by atomic mass is 10.2. The molecule has 0 unspecified atom stereocenters. The van der Waals surface area contributed by atoms with Gasteiger partial charge in [-0.2, -0.15) is 0 Å². The summed E-state index contributed by atoms with van der Waals surface area (Å²) in [4.78, 5) is 15.4. The first-order valence-corrected chi connectivity index (χ1v) is 7.33. The number of carbonyl (C=O) groups excluding carboxylic acids is 1. The summed E-state index contributed by atoms with van der Waals surface area (Å²) in [5.74, 6) is 0.183. The molecule has 0 saturated carbocycles. The van der Waals surface area contributed by atoms with E-state index in [1.807, 2.05) is 35.2 Å². The first kappa shape index (κ1) is 15.6. The Morgan fingerprint density at radius 2 is 1.96 bits per heavy atom. The molecule has 0 fully saturated rings. The van der Waals surface area contributed by atoms with Crippen LogP contribution in [0.15, 0.2) is 55.1 Å². The van der Waals surface area contributed by atoms with E-state index in [2.05, 4.69) is 25.8 Å². The van der Waals surface area contributed by atoms with Gasteiger partial charge in [0.25, 0.3) is 5.91 Å². The van der Waals surface area contributed by atoms with E-state index in [1.54, 1.807) is 6.07 Å². The molecule has 2 N–H and O–H groups in total. The number of anilines is 1. The van der Waals surface area contributed by atoms with Gasteiger partial charge in [-0.3, -0.25) is 9.78 Å². The van der Waals surface area contributed by atoms with Crippen LogP contribution < -0.4 is 10.6 Å². The second-order valence-corrected chi connectivity index (χ2v) is 4.91. The Morgan fingerprint density at radius 1 is 1.12 bits per heavy atom. The molecule has 0 spiro atoms. The third-order valence-corrected chi connectivity index (χ3v) is 3.25. The van der Waals surface area contributed by atoms with Crippen molar-refractivity contribution in [1.82, 2.24) is 25.1 Å². The molecule has 8 heteroatoms. The van der Waals surface area contributed by atoms with Crippen molar-refractivity contribution in [1.29, 1.82) is 0 Å². The van der Waals surface area contributed by atoms with Crippen molar-refractivity contribution in [3.8, 4) is 5.82 Å². The highest BCUT2D eigenvalue weighted by molar-refractivity contribution is 5.94. The van der Waals surface area contributed by atoms with Crippen LogP contribution in [-0.2, 0) is 0 Å². The maximum atomic E-state index is 13.4. The van der Waals surface area contributed by atoms with E-state index in [0.29, 0.717) is 24.7 Å². The summed E-state index contributed by atoms with van der Waals surface area (Å²) >= 11 is 0. The van der Waals surface area contributed by atoms with E-state index in [4.69, 9.17) is 0 Å². The minimum Gasteiger partial charge on any atom is -0.367 e. The predicted octanol–water partition coefficient (Wildman–Crippen LogP) is 1.64. The van der Waals surface area contributed by atoms with Crippen LogP contribution in [0.4, 0.5) is 10.2 Å². The van der Waals surface area contributed by atoms with Crippen LogP contribution >= 0.6 is 0 Å². The molecule has 0 bridgehead atoms. The van der Waals surface area contributed by atoms with E-state index in [-0.39, 0.29) is 5.56 Å². The highest BCUT2D eigenvalue weighted by Gasteiger charge is 2.10. The van der Waals surface area contributed by atoms with Crippen molar-refractivity contribution in [2.75, 3.05) is 18.4 Å². The number of hydrogen-bond acceptors (Lipinski definition) is 5. The van der Waals surface area contributed by atoms with Crippen LogP contribution in [0.1, 0.15) is 10.4 Å². The van der Waals surface area contributed by atoms with Crippen molar-refractivity contribution < 1.29 is 9.18 Å². The predicted molar refractivity (Wildman–Crippen MR) is 86.4 cm³/mol. The van der Waals surface area contributed by atoms with Crippen LogP contribution in [0.3, 0.4) is 0 Å². The summed E-state index contributed by atoms with van der Waals surface area (Å²) in [6.07, 6.45) is 6.14. The Bertz CT molecular complexity index is 804. The van der Waals surface area contributed by atoms with Gasteiger partial charge in [-0.25, -0.2) is 4.39 Å². The molecule has 24 heavy (non-hydrogen) atoms. The monoisotopic (exact) mass is 326 g/mol. The number of nitrogens with one attached hydrogen (secondary N) is 2. The molecule has 3 aromatic rings. The summed E-state index contributed by atoms with van der Waals surface area (Å²) in [6.45, 7) is 0.762. The fourth-order valence-corrected chi connectivity index (χ4v) is 2.07. The number of carbonyl (C=O) groups is 1. The zero-order valence-corrected chi connectivity index (χ0v) is 12.7. The van der Waals surface area contributed by atoms with E-state index in [1.165, 1.54) is 12.3 Å². The average Bonchev–Trinajstić information content (AvgIpc) is 3.14. The molecule has 0 saturated heterocycles. The van der Waals surface area contributed by atoms with Gasteiger partial charge in [0.05, 0.1) is 11.8 Å². The third-order valence-electron chi connectivity index (χ3n) is 3.25. The van der Waals surface area contributed by atoms with Crippen LogP contribution in [0.25, 0.3) is 5.82 Å². The molecule has 1 amide bonds. The zero-order valence-electron chi connectivity index (χ0n) is 12.7. The van der Waals surface area contributed by atoms with Gasteiger partial charge in [0.15, 0.2) is 11.6 Å². The minimum absolute atomic E-state index is 0.0270. The van der Waals surface area contributed by atoms with Crippen molar-refractivity contribution in [2.45, 2.75) is 0 Å². The van der Waals surface area contributed by atoms with E-state index < -0.39 is 11.7 Å². The molecular weight excluding hydrogens is 311 g/mol. The number of nitrogens with zero attached hydrogens (tertiary/aromatic N) is 4. The molecule has 0 radical (unpaired) electrons. The van der Waals surface area contributed by atoms with Gasteiger partial charge in [0.2, 0.25) is 0 Å². The standard InChI is InChI=1S/C16H15FN6O/c17-13-11-18-6-5-12(13)16(24)20-8-7-19-14-3-4-15(22-21-14)23-9-1-2-10-23/h1-6,9-11H,7-8H2,(H,19,21)(H,20,24). The summed E-state index contributed by atoms with van der Waals surface area (Å²) in [7, 11) is 0. The SMILES string of the molecule is O=C(NCCNc1ccc(-n2cccc2)nn1)c1ccncc1F. The maximum absolute atomic E-state index is 13.4. The molecule has 3 heterocycles. The van der Waals surface area contributed by atoms with Crippen molar-refractivity contribution in [3.63, 3.8) is 0 Å². The number of rotatable bonds is 6. The molecule has 3 aromatic heterocycles. The Labute approximate surface area is 137 Å². The van der Waals surface area contributed by atoms with Gasteiger partial charge in [-0.15, -0.1) is 10.2 Å². The molecule has 0 aliphatic carbocycles. The average molecular weight is 326 g/mol. The Balaban J connectivity index is 1.47. The van der Waals surface area contributed by atoms with Crippen molar-refractivity contribution in [3.05, 3.63) is 66.5 Å². The Morgan fingerprint density at radius 3 is 2.67 bits per heavy atom. The van der Waals surface area contributed by atoms with Gasteiger partial charge in [0.1, 0.15) is 5.82 Å². The van der Waals surface area contributed by atoms with Gasteiger partial charge in [-0.05, 0) is 30.3 Å². The van der Waals surface area contributed by atoms with Gasteiger partial charge in [-0.1, -0.05) is 0 Å². The molecule has 0 aliphatic rings. The Hall–Kier alpha value is -3.29. The molecule has 122 valence electrons. The molecule has 7 nitrogen and oxygen atoms in total. The molecule has 0 aromatic carbocycles. The van der Waals surface area contributed by atoms with Crippen LogP contribution in [0, 0.1) is 5.82 Å². The van der Waals surface area contributed by atoms with Crippen molar-refractivity contribution >= 4 is 11.7 Å². The van der Waals surface area contributed by atoms with Crippen molar-refractivity contribution in [2.24, 2.45) is 0 Å². The van der Waals surface area contributed by atoms with E-state index >= 15 is 0 Å². The minimum atomic E-state index is -0.644.